The zero-order chi connectivity index (χ0) is 20.2. The topological polar surface area (TPSA) is 57.3 Å². The second-order valence-corrected chi connectivity index (χ2v) is 8.76. The molecule has 29 heavy (non-hydrogen) atoms. The molecule has 0 bridgehead atoms. The third-order valence-electron chi connectivity index (χ3n) is 4.72. The van der Waals surface area contributed by atoms with Gasteiger partial charge in [-0.05, 0) is 48.6 Å². The number of nitrogens with one attached hydrogen (secondary N) is 2. The molecule has 5 nitrogen and oxygen atoms in total. The highest BCUT2D eigenvalue weighted by molar-refractivity contribution is 7.80. The smallest absolute Gasteiger partial charge is 0.226 e. The van der Waals surface area contributed by atoms with Crippen LogP contribution in [0.15, 0.2) is 66.9 Å². The number of benzene rings is 1. The number of amides is 1. The third kappa shape index (κ3) is 4.58. The van der Waals surface area contributed by atoms with Crippen molar-refractivity contribution >= 4 is 51.9 Å². The molecule has 3 aromatic rings. The van der Waals surface area contributed by atoms with Crippen LogP contribution in [0.5, 0.6) is 0 Å². The van der Waals surface area contributed by atoms with Crippen LogP contribution in [0.2, 0.25) is 4.34 Å². The van der Waals surface area contributed by atoms with Gasteiger partial charge in [0.15, 0.2) is 5.11 Å². The second kappa shape index (κ2) is 8.90. The number of aromatic nitrogens is 1. The van der Waals surface area contributed by atoms with Gasteiger partial charge >= 0.3 is 0 Å². The van der Waals surface area contributed by atoms with Crippen LogP contribution in [0.25, 0.3) is 0 Å². The first-order chi connectivity index (χ1) is 14.1. The molecule has 2 N–H and O–H groups in total. The summed E-state index contributed by atoms with van der Waals surface area (Å²) in [4.78, 5) is 20.1. The lowest BCUT2D eigenvalue weighted by atomic mass is 10.0. The van der Waals surface area contributed by atoms with E-state index in [0.717, 1.165) is 20.6 Å². The highest BCUT2D eigenvalue weighted by Gasteiger charge is 2.40. The van der Waals surface area contributed by atoms with Crippen molar-refractivity contribution in [2.75, 3.05) is 11.9 Å². The fourth-order valence-electron chi connectivity index (χ4n) is 3.41. The Morgan fingerprint density at radius 3 is 2.66 bits per heavy atom. The van der Waals surface area contributed by atoms with Gasteiger partial charge in [0.2, 0.25) is 5.91 Å². The second-order valence-electron chi connectivity index (χ2n) is 6.63. The molecule has 0 aliphatic carbocycles. The number of thiophene rings is 1. The summed E-state index contributed by atoms with van der Waals surface area (Å²) in [5, 5.41) is 6.91. The van der Waals surface area contributed by atoms with Gasteiger partial charge in [-0.2, -0.15) is 0 Å². The summed E-state index contributed by atoms with van der Waals surface area (Å²) >= 11 is 13.3. The van der Waals surface area contributed by atoms with Crippen molar-refractivity contribution < 1.29 is 4.79 Å². The van der Waals surface area contributed by atoms with Crippen molar-refractivity contribution in [1.29, 1.82) is 0 Å². The molecule has 3 heterocycles. The molecule has 148 valence electrons. The quantitative estimate of drug-likeness (QED) is 0.537. The number of hydrogen-bond acceptors (Lipinski definition) is 4. The Morgan fingerprint density at radius 1 is 1.17 bits per heavy atom. The van der Waals surface area contributed by atoms with Crippen LogP contribution >= 0.6 is 35.2 Å². The standard InChI is InChI=1S/C21H19ClN4OS2/c22-17-10-9-16(29-17)20-19(15-8-4-5-12-23-15)25-21(28)26(20)13-11-18(27)24-14-6-2-1-3-7-14/h1-10,12,19-20H,11,13H2,(H,24,27)(H,25,28)/t19-,20-/m0/s1. The molecule has 1 aliphatic rings. The number of carbonyl (C=O) groups excluding carboxylic acids is 1. The number of anilines is 1. The highest BCUT2D eigenvalue weighted by atomic mass is 35.5. The average Bonchev–Trinajstić information content (AvgIpc) is 3.30. The number of thiocarbonyl (C=S) groups is 1. The number of nitrogens with zero attached hydrogens (tertiary/aromatic N) is 2. The van der Waals surface area contributed by atoms with Gasteiger partial charge in [0, 0.05) is 29.7 Å². The number of para-hydroxylation sites is 1. The van der Waals surface area contributed by atoms with E-state index < -0.39 is 0 Å². The Kier molecular flexibility index (Phi) is 6.08. The van der Waals surface area contributed by atoms with E-state index in [4.69, 9.17) is 23.8 Å². The molecule has 1 fully saturated rings. The normalized spacial score (nSPS) is 18.5. The predicted octanol–water partition coefficient (Wildman–Crippen LogP) is 4.80. The summed E-state index contributed by atoms with van der Waals surface area (Å²) in [6.07, 6.45) is 2.09. The molecule has 0 radical (unpaired) electrons. The largest absolute Gasteiger partial charge is 0.352 e. The first-order valence-electron chi connectivity index (χ1n) is 9.20. The first-order valence-corrected chi connectivity index (χ1v) is 10.8. The number of rotatable bonds is 6. The van der Waals surface area contributed by atoms with Gasteiger partial charge in [-0.1, -0.05) is 35.9 Å². The maximum Gasteiger partial charge on any atom is 0.226 e. The molecule has 8 heteroatoms. The zero-order valence-corrected chi connectivity index (χ0v) is 17.8. The van der Waals surface area contributed by atoms with Crippen molar-refractivity contribution in [3.05, 3.63) is 81.8 Å². The molecule has 0 unspecified atom stereocenters. The molecular weight excluding hydrogens is 424 g/mol. The lowest BCUT2D eigenvalue weighted by Crippen LogP contribution is -2.32. The lowest BCUT2D eigenvalue weighted by Gasteiger charge is -2.26. The van der Waals surface area contributed by atoms with Gasteiger partial charge in [-0.3, -0.25) is 9.78 Å². The Bertz CT molecular complexity index is 996. The summed E-state index contributed by atoms with van der Waals surface area (Å²) in [6.45, 7) is 0.494. The molecule has 2 aromatic heterocycles. The summed E-state index contributed by atoms with van der Waals surface area (Å²) < 4.78 is 0.722. The summed E-state index contributed by atoms with van der Waals surface area (Å²) in [6, 6.07) is 19.0. The van der Waals surface area contributed by atoms with Crippen LogP contribution < -0.4 is 10.6 Å². The molecule has 4 rings (SSSR count). The van der Waals surface area contributed by atoms with E-state index in [1.165, 1.54) is 11.3 Å². The fourth-order valence-corrected chi connectivity index (χ4v) is 4.95. The number of hydrogen-bond donors (Lipinski definition) is 2. The highest BCUT2D eigenvalue weighted by Crippen LogP contribution is 2.42. The van der Waals surface area contributed by atoms with Crippen molar-refractivity contribution in [1.82, 2.24) is 15.2 Å². The van der Waals surface area contributed by atoms with Gasteiger partial charge in [-0.25, -0.2) is 0 Å². The van der Waals surface area contributed by atoms with E-state index in [2.05, 4.69) is 20.5 Å². The first kappa shape index (κ1) is 19.8. The van der Waals surface area contributed by atoms with Crippen LogP contribution in [0.4, 0.5) is 5.69 Å². The number of pyridine rings is 1. The molecule has 0 spiro atoms. The van der Waals surface area contributed by atoms with E-state index in [0.29, 0.717) is 18.1 Å². The van der Waals surface area contributed by atoms with Gasteiger partial charge in [0.1, 0.15) is 0 Å². The van der Waals surface area contributed by atoms with Crippen LogP contribution in [0, 0.1) is 0 Å². The maximum absolute atomic E-state index is 12.4. The van der Waals surface area contributed by atoms with E-state index in [9.17, 15) is 4.79 Å². The minimum atomic E-state index is -0.101. The van der Waals surface area contributed by atoms with Gasteiger partial charge < -0.3 is 15.5 Å². The van der Waals surface area contributed by atoms with Crippen LogP contribution in [0.3, 0.4) is 0 Å². The molecule has 0 saturated carbocycles. The van der Waals surface area contributed by atoms with E-state index in [1.807, 2.05) is 60.7 Å². The molecule has 2 atom stereocenters. The van der Waals surface area contributed by atoms with Gasteiger partial charge in [0.25, 0.3) is 0 Å². The van der Waals surface area contributed by atoms with Crippen molar-refractivity contribution in [3.63, 3.8) is 0 Å². The summed E-state index contributed by atoms with van der Waals surface area (Å²) in [5.41, 5.74) is 1.69. The van der Waals surface area contributed by atoms with E-state index >= 15 is 0 Å². The molecule has 1 aliphatic heterocycles. The van der Waals surface area contributed by atoms with Crippen molar-refractivity contribution in [2.45, 2.75) is 18.5 Å². The van der Waals surface area contributed by atoms with Crippen molar-refractivity contribution in [2.24, 2.45) is 0 Å². The Labute approximate surface area is 183 Å². The lowest BCUT2D eigenvalue weighted by molar-refractivity contribution is -0.116. The monoisotopic (exact) mass is 442 g/mol. The Morgan fingerprint density at radius 2 is 1.97 bits per heavy atom. The van der Waals surface area contributed by atoms with Crippen LogP contribution in [-0.2, 0) is 4.79 Å². The Balaban J connectivity index is 1.52. The number of halogens is 1. The average molecular weight is 443 g/mol. The minimum Gasteiger partial charge on any atom is -0.352 e. The molecule has 1 saturated heterocycles. The fraction of sp³-hybridized carbons (Fsp3) is 0.190. The SMILES string of the molecule is O=C(CCN1C(=S)N[C@@H](c2ccccn2)[C@@H]1c1ccc(Cl)s1)Nc1ccccc1. The van der Waals surface area contributed by atoms with Crippen LogP contribution in [-0.4, -0.2) is 27.4 Å². The maximum atomic E-state index is 12.4. The predicted molar refractivity (Wildman–Crippen MR) is 121 cm³/mol. The van der Waals surface area contributed by atoms with Gasteiger partial charge in [0.05, 0.1) is 22.1 Å². The van der Waals surface area contributed by atoms with Gasteiger partial charge in [-0.15, -0.1) is 11.3 Å². The van der Waals surface area contributed by atoms with E-state index in [-0.39, 0.29) is 18.0 Å². The molecule has 1 amide bonds. The molecule has 1 aromatic carbocycles. The third-order valence-corrected chi connectivity index (χ3v) is 6.37. The van der Waals surface area contributed by atoms with Crippen LogP contribution in [0.1, 0.15) is 29.1 Å². The van der Waals surface area contributed by atoms with Crippen molar-refractivity contribution in [3.8, 4) is 0 Å². The van der Waals surface area contributed by atoms with E-state index in [1.54, 1.807) is 6.20 Å². The zero-order valence-electron chi connectivity index (χ0n) is 15.4. The summed E-state index contributed by atoms with van der Waals surface area (Å²) in [5.74, 6) is -0.0525. The molecular formula is C21H19ClN4OS2. The number of carbonyl (C=O) groups is 1. The summed E-state index contributed by atoms with van der Waals surface area (Å²) in [7, 11) is 0. The Hall–Kier alpha value is -2.48. The minimum absolute atomic E-state index is 0.0525.